The lowest BCUT2D eigenvalue weighted by Gasteiger charge is -2.15. The van der Waals surface area contributed by atoms with Gasteiger partial charge < -0.3 is 23.8 Å². The monoisotopic (exact) mass is 430 g/mol. The second kappa shape index (κ2) is 9.09. The lowest BCUT2D eigenvalue weighted by Crippen LogP contribution is -2.30. The minimum Gasteiger partial charge on any atom is -0.495 e. The molecule has 30 heavy (non-hydrogen) atoms. The molecule has 1 atom stereocenters. The lowest BCUT2D eigenvalue weighted by atomic mass is 10.2. The first-order chi connectivity index (χ1) is 14.3. The highest BCUT2D eigenvalue weighted by atomic mass is 35.5. The van der Waals surface area contributed by atoms with Crippen LogP contribution in [-0.2, 0) is 16.1 Å². The Kier molecular flexibility index (Phi) is 6.52. The van der Waals surface area contributed by atoms with Gasteiger partial charge >= 0.3 is 5.97 Å². The van der Waals surface area contributed by atoms with Gasteiger partial charge in [-0.15, -0.1) is 0 Å². The quantitative estimate of drug-likeness (QED) is 0.554. The maximum Gasteiger partial charge on any atom is 0.340 e. The minimum absolute atomic E-state index is 0.398. The molecule has 1 amide bonds. The van der Waals surface area contributed by atoms with Crippen molar-refractivity contribution < 1.29 is 23.5 Å². The van der Waals surface area contributed by atoms with E-state index in [0.29, 0.717) is 28.6 Å². The molecule has 8 heteroatoms. The second-order valence-corrected chi connectivity index (χ2v) is 7.27. The predicted octanol–water partition coefficient (Wildman–Crippen LogP) is 4.59. The Morgan fingerprint density at radius 1 is 1.23 bits per heavy atom. The zero-order chi connectivity index (χ0) is 21.8. The van der Waals surface area contributed by atoms with Crippen LogP contribution in [0.15, 0.2) is 47.1 Å². The zero-order valence-electron chi connectivity index (χ0n) is 17.2. The van der Waals surface area contributed by atoms with E-state index in [1.54, 1.807) is 30.5 Å². The lowest BCUT2D eigenvalue weighted by molar-refractivity contribution is -0.123. The smallest absolute Gasteiger partial charge is 0.340 e. The van der Waals surface area contributed by atoms with E-state index in [1.807, 2.05) is 30.5 Å². The van der Waals surface area contributed by atoms with Gasteiger partial charge in [0.05, 0.1) is 31.2 Å². The van der Waals surface area contributed by atoms with Gasteiger partial charge in [-0.3, -0.25) is 4.79 Å². The number of aromatic nitrogens is 1. The van der Waals surface area contributed by atoms with Gasteiger partial charge in [-0.1, -0.05) is 11.6 Å². The summed E-state index contributed by atoms with van der Waals surface area (Å²) < 4.78 is 18.0. The molecule has 158 valence electrons. The van der Waals surface area contributed by atoms with E-state index in [0.717, 1.165) is 17.1 Å². The van der Waals surface area contributed by atoms with Crippen LogP contribution in [0, 0.1) is 13.8 Å². The largest absolute Gasteiger partial charge is 0.495 e. The molecule has 2 heterocycles. The molecule has 1 N–H and O–H groups in total. The summed E-state index contributed by atoms with van der Waals surface area (Å²) in [5, 5.41) is 3.12. The summed E-state index contributed by atoms with van der Waals surface area (Å²) in [6.07, 6.45) is 0.586. The molecule has 0 radical (unpaired) electrons. The summed E-state index contributed by atoms with van der Waals surface area (Å²) in [4.78, 5) is 25.2. The number of hydrogen-bond donors (Lipinski definition) is 1. The van der Waals surface area contributed by atoms with Crippen molar-refractivity contribution in [3.63, 3.8) is 0 Å². The predicted molar refractivity (Wildman–Crippen MR) is 113 cm³/mol. The maximum atomic E-state index is 12.7. The fourth-order valence-electron chi connectivity index (χ4n) is 3.10. The topological polar surface area (TPSA) is 82.7 Å². The van der Waals surface area contributed by atoms with Crippen LogP contribution in [0.25, 0.3) is 0 Å². The number of hydrogen-bond acceptors (Lipinski definition) is 5. The van der Waals surface area contributed by atoms with E-state index >= 15 is 0 Å². The molecule has 7 nitrogen and oxygen atoms in total. The minimum atomic E-state index is -1.02. The molecule has 1 aromatic carbocycles. The van der Waals surface area contributed by atoms with Crippen molar-refractivity contribution in [2.75, 3.05) is 12.4 Å². The molecule has 0 aliphatic heterocycles. The number of halogens is 1. The van der Waals surface area contributed by atoms with Crippen LogP contribution in [0.4, 0.5) is 5.69 Å². The Hall–Kier alpha value is -3.19. The number of rotatable bonds is 7. The molecule has 0 saturated heterocycles. The van der Waals surface area contributed by atoms with Crippen LogP contribution in [-0.4, -0.2) is 29.7 Å². The number of esters is 1. The molecule has 0 bridgehead atoms. The van der Waals surface area contributed by atoms with Gasteiger partial charge in [-0.2, -0.15) is 0 Å². The number of nitrogens with one attached hydrogen (secondary N) is 1. The summed E-state index contributed by atoms with van der Waals surface area (Å²) in [6, 6.07) is 10.3. The van der Waals surface area contributed by atoms with Gasteiger partial charge in [-0.25, -0.2) is 4.79 Å². The third-order valence-electron chi connectivity index (χ3n) is 4.76. The molecular formula is C22H23ClN2O5. The molecule has 0 fully saturated rings. The summed E-state index contributed by atoms with van der Waals surface area (Å²) in [5.74, 6) is 0.162. The molecule has 2 aromatic heterocycles. The van der Waals surface area contributed by atoms with E-state index in [4.69, 9.17) is 25.5 Å². The number of aryl methyl sites for hydroxylation is 1. The zero-order valence-corrected chi connectivity index (χ0v) is 17.9. The van der Waals surface area contributed by atoms with Gasteiger partial charge in [0.15, 0.2) is 6.10 Å². The standard InChI is InChI=1S/C22H23ClN2O5/c1-13-10-18(14(2)25(13)12-17-6-5-9-29-17)22(27)30-15(3)21(26)24-19-11-16(23)7-8-20(19)28-4/h5-11,15H,12H2,1-4H3,(H,24,26). The Bertz CT molecular complexity index is 1060. The molecule has 3 aromatic rings. The Morgan fingerprint density at radius 3 is 2.67 bits per heavy atom. The van der Waals surface area contributed by atoms with Gasteiger partial charge in [0.25, 0.3) is 5.91 Å². The number of carbonyl (C=O) groups is 2. The van der Waals surface area contributed by atoms with Gasteiger partial charge in [-0.05, 0) is 57.2 Å². The van der Waals surface area contributed by atoms with Crippen LogP contribution in [0.1, 0.15) is 34.4 Å². The fraction of sp³-hybridized carbons (Fsp3) is 0.273. The molecule has 3 rings (SSSR count). The van der Waals surface area contributed by atoms with Crippen LogP contribution in [0.5, 0.6) is 5.75 Å². The highest BCUT2D eigenvalue weighted by Crippen LogP contribution is 2.28. The summed E-state index contributed by atoms with van der Waals surface area (Å²) in [7, 11) is 1.49. The van der Waals surface area contributed by atoms with Crippen molar-refractivity contribution in [2.24, 2.45) is 0 Å². The summed E-state index contributed by atoms with van der Waals surface area (Å²) >= 11 is 5.99. The number of amides is 1. The normalized spacial score (nSPS) is 11.8. The average Bonchev–Trinajstić information content (AvgIpc) is 3.32. The van der Waals surface area contributed by atoms with E-state index in [-0.39, 0.29) is 0 Å². The Labute approximate surface area is 179 Å². The number of ether oxygens (including phenoxy) is 2. The van der Waals surface area contributed by atoms with E-state index in [9.17, 15) is 9.59 Å². The van der Waals surface area contributed by atoms with Crippen LogP contribution in [0.2, 0.25) is 5.02 Å². The summed E-state index contributed by atoms with van der Waals surface area (Å²) in [6.45, 7) is 5.73. The molecule has 1 unspecified atom stereocenters. The third kappa shape index (κ3) is 4.68. The van der Waals surface area contributed by atoms with E-state index < -0.39 is 18.0 Å². The average molecular weight is 431 g/mol. The van der Waals surface area contributed by atoms with E-state index in [2.05, 4.69) is 5.32 Å². The Balaban J connectivity index is 1.70. The van der Waals surface area contributed by atoms with Crippen molar-refractivity contribution in [3.05, 3.63) is 70.4 Å². The number of methoxy groups -OCH3 is 1. The summed E-state index contributed by atoms with van der Waals surface area (Å²) in [5.41, 5.74) is 2.42. The van der Waals surface area contributed by atoms with Crippen molar-refractivity contribution in [1.82, 2.24) is 4.57 Å². The highest BCUT2D eigenvalue weighted by molar-refractivity contribution is 6.31. The van der Waals surface area contributed by atoms with Crippen LogP contribution in [0.3, 0.4) is 0 Å². The van der Waals surface area contributed by atoms with Crippen molar-refractivity contribution in [2.45, 2.75) is 33.4 Å². The second-order valence-electron chi connectivity index (χ2n) is 6.83. The first-order valence-electron chi connectivity index (χ1n) is 9.34. The first kappa shape index (κ1) is 21.5. The molecule has 0 aliphatic rings. The number of nitrogens with zero attached hydrogens (tertiary/aromatic N) is 1. The molecule has 0 spiro atoms. The Morgan fingerprint density at radius 2 is 2.00 bits per heavy atom. The SMILES string of the molecule is COc1ccc(Cl)cc1NC(=O)C(C)OC(=O)c1cc(C)n(Cc2ccco2)c1C. The number of carbonyl (C=O) groups excluding carboxylic acids is 2. The third-order valence-corrected chi connectivity index (χ3v) is 5.00. The van der Waals surface area contributed by atoms with Gasteiger partial charge in [0.1, 0.15) is 11.5 Å². The molecule has 0 saturated carbocycles. The number of furan rings is 1. The first-order valence-corrected chi connectivity index (χ1v) is 9.72. The number of benzene rings is 1. The number of anilines is 1. The van der Waals surface area contributed by atoms with Crippen LogP contribution < -0.4 is 10.1 Å². The highest BCUT2D eigenvalue weighted by Gasteiger charge is 2.23. The van der Waals surface area contributed by atoms with Gasteiger partial charge in [0, 0.05) is 16.4 Å². The van der Waals surface area contributed by atoms with Gasteiger partial charge in [0.2, 0.25) is 0 Å². The van der Waals surface area contributed by atoms with E-state index in [1.165, 1.54) is 14.0 Å². The molecular weight excluding hydrogens is 408 g/mol. The van der Waals surface area contributed by atoms with Crippen molar-refractivity contribution in [1.29, 1.82) is 0 Å². The fourth-order valence-corrected chi connectivity index (χ4v) is 3.27. The van der Waals surface area contributed by atoms with Crippen LogP contribution >= 0.6 is 11.6 Å². The van der Waals surface area contributed by atoms with Crippen molar-refractivity contribution in [3.8, 4) is 5.75 Å². The molecule has 0 aliphatic carbocycles. The van der Waals surface area contributed by atoms with Crippen molar-refractivity contribution >= 4 is 29.2 Å². The maximum absolute atomic E-state index is 12.7.